The van der Waals surface area contributed by atoms with Gasteiger partial charge in [-0.25, -0.2) is 0 Å². The molecule has 2 rings (SSSR count). The first kappa shape index (κ1) is 15.6. The van der Waals surface area contributed by atoms with E-state index in [0.717, 1.165) is 18.4 Å². The lowest BCUT2D eigenvalue weighted by Gasteiger charge is -2.30. The van der Waals surface area contributed by atoms with Crippen molar-refractivity contribution in [2.24, 2.45) is 5.92 Å². The van der Waals surface area contributed by atoms with Gasteiger partial charge in [0.05, 0.1) is 11.1 Å². The molecule has 1 heterocycles. The Balaban J connectivity index is 2.16. The summed E-state index contributed by atoms with van der Waals surface area (Å²) in [6.07, 6.45) is 1.82. The smallest absolute Gasteiger partial charge is 0.271 e. The van der Waals surface area contributed by atoms with E-state index in [-0.39, 0.29) is 5.38 Å². The highest BCUT2D eigenvalue weighted by molar-refractivity contribution is 7.90. The zero-order valence-electron chi connectivity index (χ0n) is 11.8. The first-order chi connectivity index (χ1) is 9.40. The van der Waals surface area contributed by atoms with Crippen molar-refractivity contribution in [3.63, 3.8) is 0 Å². The maximum absolute atomic E-state index is 12.4. The molecule has 1 N–H and O–H groups in total. The van der Waals surface area contributed by atoms with Crippen LogP contribution in [0.1, 0.15) is 37.6 Å². The van der Waals surface area contributed by atoms with Gasteiger partial charge >= 0.3 is 10.2 Å². The molecule has 1 saturated heterocycles. The van der Waals surface area contributed by atoms with E-state index in [4.69, 9.17) is 11.6 Å². The summed E-state index contributed by atoms with van der Waals surface area (Å²) in [4.78, 5) is 0. The van der Waals surface area contributed by atoms with E-state index < -0.39 is 10.2 Å². The predicted octanol–water partition coefficient (Wildman–Crippen LogP) is 3.38. The minimum Gasteiger partial charge on any atom is -0.271 e. The number of rotatable bonds is 4. The molecule has 1 aliphatic heterocycles. The molecule has 0 aliphatic carbocycles. The summed E-state index contributed by atoms with van der Waals surface area (Å²) in [5.41, 5.74) is 1.36. The standard InChI is InChI=1S/C14H21ClN2O2S/c1-11-7-9-17(10-8-11)20(18,19)16-14-6-4-3-5-13(14)12(2)15/h3-6,11-12,16H,7-10H2,1-2H3. The van der Waals surface area contributed by atoms with E-state index in [1.165, 1.54) is 4.31 Å². The lowest BCUT2D eigenvalue weighted by Crippen LogP contribution is -2.41. The van der Waals surface area contributed by atoms with Crippen LogP contribution in [-0.4, -0.2) is 25.8 Å². The average Bonchev–Trinajstić information content (AvgIpc) is 2.39. The van der Waals surface area contributed by atoms with Crippen molar-refractivity contribution < 1.29 is 8.42 Å². The summed E-state index contributed by atoms with van der Waals surface area (Å²) in [5.74, 6) is 0.594. The SMILES string of the molecule is CC1CCN(S(=O)(=O)Nc2ccccc2C(C)Cl)CC1. The molecule has 0 spiro atoms. The maximum atomic E-state index is 12.4. The lowest BCUT2D eigenvalue weighted by atomic mass is 10.0. The number of alkyl halides is 1. The number of para-hydroxylation sites is 1. The fourth-order valence-corrected chi connectivity index (χ4v) is 3.84. The highest BCUT2D eigenvalue weighted by Gasteiger charge is 2.27. The summed E-state index contributed by atoms with van der Waals surface area (Å²) < 4.78 is 29.0. The summed E-state index contributed by atoms with van der Waals surface area (Å²) >= 11 is 6.09. The van der Waals surface area contributed by atoms with Crippen LogP contribution in [0, 0.1) is 5.92 Å². The van der Waals surface area contributed by atoms with Crippen LogP contribution >= 0.6 is 11.6 Å². The molecule has 1 atom stereocenters. The third-order valence-corrected chi connectivity index (χ3v) is 5.47. The molecule has 1 aromatic carbocycles. The molecule has 0 bridgehead atoms. The molecular formula is C14H21ClN2O2S. The van der Waals surface area contributed by atoms with Gasteiger partial charge in [0, 0.05) is 13.1 Å². The van der Waals surface area contributed by atoms with Crippen molar-refractivity contribution in [1.29, 1.82) is 0 Å². The Morgan fingerprint density at radius 1 is 1.30 bits per heavy atom. The number of hydrogen-bond acceptors (Lipinski definition) is 2. The Morgan fingerprint density at radius 2 is 1.90 bits per heavy atom. The molecule has 112 valence electrons. The third-order valence-electron chi connectivity index (χ3n) is 3.71. The summed E-state index contributed by atoms with van der Waals surface area (Å²) in [5, 5.41) is -0.240. The number of nitrogens with one attached hydrogen (secondary N) is 1. The topological polar surface area (TPSA) is 49.4 Å². The van der Waals surface area contributed by atoms with Crippen LogP contribution in [0.3, 0.4) is 0 Å². The molecule has 0 amide bonds. The van der Waals surface area contributed by atoms with Crippen molar-refractivity contribution in [1.82, 2.24) is 4.31 Å². The van der Waals surface area contributed by atoms with Crippen LogP contribution in [0.5, 0.6) is 0 Å². The quantitative estimate of drug-likeness (QED) is 0.866. The second-order valence-electron chi connectivity index (χ2n) is 5.39. The number of hydrogen-bond donors (Lipinski definition) is 1. The van der Waals surface area contributed by atoms with Crippen LogP contribution in [-0.2, 0) is 10.2 Å². The molecule has 1 fully saturated rings. The van der Waals surface area contributed by atoms with Crippen LogP contribution in [0.15, 0.2) is 24.3 Å². The van der Waals surface area contributed by atoms with Gasteiger partial charge in [-0.1, -0.05) is 25.1 Å². The minimum absolute atomic E-state index is 0.240. The van der Waals surface area contributed by atoms with Gasteiger partial charge in [0.2, 0.25) is 0 Å². The molecule has 4 nitrogen and oxygen atoms in total. The normalized spacial score (nSPS) is 19.8. The van der Waals surface area contributed by atoms with Gasteiger partial charge < -0.3 is 0 Å². The Hall–Kier alpha value is -0.780. The molecule has 1 aliphatic rings. The molecule has 1 unspecified atom stereocenters. The van der Waals surface area contributed by atoms with Gasteiger partial charge in [0.1, 0.15) is 0 Å². The monoisotopic (exact) mass is 316 g/mol. The van der Waals surface area contributed by atoms with Crippen molar-refractivity contribution >= 4 is 27.5 Å². The van der Waals surface area contributed by atoms with E-state index in [1.807, 2.05) is 19.1 Å². The van der Waals surface area contributed by atoms with Crippen molar-refractivity contribution in [2.45, 2.75) is 32.1 Å². The van der Waals surface area contributed by atoms with Gasteiger partial charge in [-0.2, -0.15) is 12.7 Å². The Kier molecular flexibility index (Phi) is 4.94. The number of anilines is 1. The van der Waals surface area contributed by atoms with Crippen LogP contribution in [0.2, 0.25) is 0 Å². The summed E-state index contributed by atoms with van der Waals surface area (Å²) in [7, 11) is -3.49. The van der Waals surface area contributed by atoms with E-state index >= 15 is 0 Å². The summed E-state index contributed by atoms with van der Waals surface area (Å²) in [6.45, 7) is 5.14. The third kappa shape index (κ3) is 3.65. The van der Waals surface area contributed by atoms with Gasteiger partial charge in [0.15, 0.2) is 0 Å². The number of piperidine rings is 1. The van der Waals surface area contributed by atoms with Crippen LogP contribution in [0.4, 0.5) is 5.69 Å². The van der Waals surface area contributed by atoms with Crippen molar-refractivity contribution in [3.05, 3.63) is 29.8 Å². The second-order valence-corrected chi connectivity index (χ2v) is 7.72. The van der Waals surface area contributed by atoms with Crippen LogP contribution < -0.4 is 4.72 Å². The largest absolute Gasteiger partial charge is 0.301 e. The molecular weight excluding hydrogens is 296 g/mol. The van der Waals surface area contributed by atoms with Gasteiger partial charge in [0.25, 0.3) is 0 Å². The van der Waals surface area contributed by atoms with Gasteiger partial charge in [-0.15, -0.1) is 11.6 Å². The molecule has 1 aromatic rings. The minimum atomic E-state index is -3.49. The molecule has 20 heavy (non-hydrogen) atoms. The molecule has 0 radical (unpaired) electrons. The van der Waals surface area contributed by atoms with E-state index in [0.29, 0.717) is 24.7 Å². The first-order valence-corrected chi connectivity index (χ1v) is 8.78. The van der Waals surface area contributed by atoms with Gasteiger partial charge in [-0.3, -0.25) is 4.72 Å². The van der Waals surface area contributed by atoms with Crippen LogP contribution in [0.25, 0.3) is 0 Å². The lowest BCUT2D eigenvalue weighted by molar-refractivity contribution is 0.289. The maximum Gasteiger partial charge on any atom is 0.301 e. The Morgan fingerprint density at radius 3 is 2.50 bits per heavy atom. The van der Waals surface area contributed by atoms with E-state index in [1.54, 1.807) is 12.1 Å². The van der Waals surface area contributed by atoms with E-state index in [2.05, 4.69) is 11.6 Å². The van der Waals surface area contributed by atoms with E-state index in [9.17, 15) is 8.42 Å². The Bertz CT molecular complexity index is 552. The fraction of sp³-hybridized carbons (Fsp3) is 0.571. The molecule has 6 heteroatoms. The highest BCUT2D eigenvalue weighted by atomic mass is 35.5. The zero-order valence-corrected chi connectivity index (χ0v) is 13.4. The second kappa shape index (κ2) is 6.33. The number of nitrogens with zero attached hydrogens (tertiary/aromatic N) is 1. The summed E-state index contributed by atoms with van der Waals surface area (Å²) in [6, 6.07) is 7.25. The molecule has 0 saturated carbocycles. The Labute approximate surface area is 126 Å². The van der Waals surface area contributed by atoms with Gasteiger partial charge in [-0.05, 0) is 37.3 Å². The first-order valence-electron chi connectivity index (χ1n) is 6.91. The number of halogens is 1. The predicted molar refractivity (Wildman–Crippen MR) is 83.2 cm³/mol. The fourth-order valence-electron chi connectivity index (χ4n) is 2.37. The number of benzene rings is 1. The molecule has 0 aromatic heterocycles. The van der Waals surface area contributed by atoms with Crippen molar-refractivity contribution in [3.8, 4) is 0 Å². The average molecular weight is 317 g/mol. The highest BCUT2D eigenvalue weighted by Crippen LogP contribution is 2.28. The zero-order chi connectivity index (χ0) is 14.8. The van der Waals surface area contributed by atoms with Crippen molar-refractivity contribution in [2.75, 3.05) is 17.8 Å².